The van der Waals surface area contributed by atoms with Crippen molar-refractivity contribution in [3.05, 3.63) is 40.3 Å². The van der Waals surface area contributed by atoms with Crippen LogP contribution in [0.2, 0.25) is 10.3 Å². The van der Waals surface area contributed by atoms with Crippen LogP contribution in [-0.4, -0.2) is 9.97 Å². The minimum atomic E-state index is 0.0914. The van der Waals surface area contributed by atoms with Crippen LogP contribution in [0, 0.1) is 6.92 Å². The number of nitrogen functional groups attached to an aromatic ring is 1. The number of hydrogen-bond acceptors (Lipinski definition) is 4. The third-order valence-electron chi connectivity index (χ3n) is 2.08. The molecule has 0 aliphatic heterocycles. The molecule has 0 unspecified atom stereocenters. The molecule has 6 heteroatoms. The van der Waals surface area contributed by atoms with E-state index in [0.717, 1.165) is 0 Å². The largest absolute Gasteiger partial charge is 0.437 e. The lowest BCUT2D eigenvalue weighted by atomic mass is 10.3. The van der Waals surface area contributed by atoms with Crippen LogP contribution in [0.3, 0.4) is 0 Å². The fourth-order valence-electron chi connectivity index (χ4n) is 1.24. The van der Waals surface area contributed by atoms with Gasteiger partial charge in [-0.3, -0.25) is 0 Å². The number of nitrogens with zero attached hydrogens (tertiary/aromatic N) is 2. The molecule has 0 bridgehead atoms. The highest BCUT2D eigenvalue weighted by atomic mass is 35.5. The summed E-state index contributed by atoms with van der Waals surface area (Å²) in [7, 11) is 0. The molecular formula is C11H9Cl2N3O. The zero-order valence-electron chi connectivity index (χ0n) is 8.95. The minimum Gasteiger partial charge on any atom is -0.437 e. The highest BCUT2D eigenvalue weighted by Crippen LogP contribution is 2.29. The Labute approximate surface area is 108 Å². The van der Waals surface area contributed by atoms with Crippen molar-refractivity contribution in [2.24, 2.45) is 0 Å². The molecule has 1 heterocycles. The van der Waals surface area contributed by atoms with Crippen LogP contribution in [0.1, 0.15) is 5.69 Å². The summed E-state index contributed by atoms with van der Waals surface area (Å²) in [5, 5.41) is 0.659. The number of rotatable bonds is 2. The van der Waals surface area contributed by atoms with E-state index in [-0.39, 0.29) is 11.2 Å². The molecule has 4 nitrogen and oxygen atoms in total. The number of halogens is 2. The molecule has 17 heavy (non-hydrogen) atoms. The summed E-state index contributed by atoms with van der Waals surface area (Å²) in [5.41, 5.74) is 6.72. The molecule has 2 N–H and O–H groups in total. The predicted molar refractivity (Wildman–Crippen MR) is 67.7 cm³/mol. The highest BCUT2D eigenvalue weighted by molar-refractivity contribution is 6.30. The van der Waals surface area contributed by atoms with Gasteiger partial charge in [0.05, 0.1) is 5.69 Å². The average molecular weight is 270 g/mol. The maximum Gasteiger partial charge on any atom is 0.247 e. The van der Waals surface area contributed by atoms with Crippen molar-refractivity contribution >= 4 is 28.9 Å². The SMILES string of the molecule is Cc1nc(Cl)nc(Oc2cccc(Cl)c2)c1N. The van der Waals surface area contributed by atoms with Crippen molar-refractivity contribution in [3.8, 4) is 11.6 Å². The van der Waals surface area contributed by atoms with E-state index in [9.17, 15) is 0 Å². The second-order valence-corrected chi connectivity index (χ2v) is 4.13. The zero-order valence-corrected chi connectivity index (χ0v) is 10.5. The van der Waals surface area contributed by atoms with Gasteiger partial charge in [-0.2, -0.15) is 4.98 Å². The minimum absolute atomic E-state index is 0.0914. The van der Waals surface area contributed by atoms with Gasteiger partial charge < -0.3 is 10.5 Å². The Balaban J connectivity index is 2.36. The van der Waals surface area contributed by atoms with E-state index in [1.807, 2.05) is 0 Å². The number of aryl methyl sites for hydroxylation is 1. The molecule has 0 saturated heterocycles. The topological polar surface area (TPSA) is 61.0 Å². The Morgan fingerprint density at radius 3 is 2.71 bits per heavy atom. The quantitative estimate of drug-likeness (QED) is 0.849. The lowest BCUT2D eigenvalue weighted by molar-refractivity contribution is 0.464. The first-order valence-corrected chi connectivity index (χ1v) is 5.55. The summed E-state index contributed by atoms with van der Waals surface area (Å²) < 4.78 is 5.51. The molecule has 0 atom stereocenters. The van der Waals surface area contributed by atoms with Crippen LogP contribution in [-0.2, 0) is 0 Å². The van der Waals surface area contributed by atoms with E-state index in [0.29, 0.717) is 22.2 Å². The van der Waals surface area contributed by atoms with Gasteiger partial charge in [0.25, 0.3) is 0 Å². The summed E-state index contributed by atoms with van der Waals surface area (Å²) in [6.07, 6.45) is 0. The van der Waals surface area contributed by atoms with Gasteiger partial charge in [0.2, 0.25) is 11.2 Å². The van der Waals surface area contributed by atoms with E-state index in [4.69, 9.17) is 33.7 Å². The molecule has 0 fully saturated rings. The molecule has 2 aromatic rings. The monoisotopic (exact) mass is 269 g/mol. The van der Waals surface area contributed by atoms with Gasteiger partial charge in [0.15, 0.2) is 0 Å². The van der Waals surface area contributed by atoms with E-state index in [2.05, 4.69) is 9.97 Å². The van der Waals surface area contributed by atoms with Gasteiger partial charge in [0, 0.05) is 5.02 Å². The van der Waals surface area contributed by atoms with Crippen molar-refractivity contribution in [1.29, 1.82) is 0 Å². The second kappa shape index (κ2) is 4.77. The molecule has 0 aliphatic rings. The van der Waals surface area contributed by atoms with Crippen molar-refractivity contribution in [3.63, 3.8) is 0 Å². The summed E-state index contributed by atoms with van der Waals surface area (Å²) in [4.78, 5) is 7.84. The van der Waals surface area contributed by atoms with Crippen LogP contribution in [0.25, 0.3) is 0 Å². The van der Waals surface area contributed by atoms with Crippen LogP contribution in [0.5, 0.6) is 11.6 Å². The third-order valence-corrected chi connectivity index (χ3v) is 2.49. The molecule has 0 saturated carbocycles. The number of hydrogen-bond donors (Lipinski definition) is 1. The lowest BCUT2D eigenvalue weighted by Crippen LogP contribution is -2.00. The predicted octanol–water partition coefficient (Wildman–Crippen LogP) is 3.47. The second-order valence-electron chi connectivity index (χ2n) is 3.36. The Kier molecular flexibility index (Phi) is 3.36. The van der Waals surface area contributed by atoms with Gasteiger partial charge in [-0.05, 0) is 36.7 Å². The van der Waals surface area contributed by atoms with Gasteiger partial charge in [-0.25, -0.2) is 4.98 Å². The van der Waals surface area contributed by atoms with E-state index >= 15 is 0 Å². The first kappa shape index (κ1) is 12.0. The van der Waals surface area contributed by atoms with E-state index < -0.39 is 0 Å². The summed E-state index contributed by atoms with van der Waals surface area (Å²) in [5.74, 6) is 0.767. The molecule has 0 spiro atoms. The highest BCUT2D eigenvalue weighted by Gasteiger charge is 2.10. The van der Waals surface area contributed by atoms with E-state index in [1.54, 1.807) is 31.2 Å². The smallest absolute Gasteiger partial charge is 0.247 e. The molecule has 88 valence electrons. The maximum atomic E-state index is 5.84. The Hall–Kier alpha value is -1.52. The van der Waals surface area contributed by atoms with Crippen LogP contribution in [0.4, 0.5) is 5.69 Å². The maximum absolute atomic E-state index is 5.84. The first-order valence-electron chi connectivity index (χ1n) is 4.79. The lowest BCUT2D eigenvalue weighted by Gasteiger charge is -2.09. The molecule has 0 aliphatic carbocycles. The number of benzene rings is 1. The van der Waals surface area contributed by atoms with Crippen molar-refractivity contribution in [2.75, 3.05) is 5.73 Å². The zero-order chi connectivity index (χ0) is 12.4. The molecule has 0 amide bonds. The average Bonchev–Trinajstić information content (AvgIpc) is 2.25. The van der Waals surface area contributed by atoms with Gasteiger partial charge in [-0.15, -0.1) is 0 Å². The normalized spacial score (nSPS) is 10.3. The first-order chi connectivity index (χ1) is 8.06. The number of nitrogens with two attached hydrogens (primary N) is 1. The van der Waals surface area contributed by atoms with Crippen molar-refractivity contribution < 1.29 is 4.74 Å². The summed E-state index contributed by atoms with van der Waals surface area (Å²) in [6, 6.07) is 6.92. The third kappa shape index (κ3) is 2.78. The Bertz CT molecular complexity index is 560. The molecular weight excluding hydrogens is 261 g/mol. The standard InChI is InChI=1S/C11H9Cl2N3O/c1-6-9(14)10(16-11(13)15-6)17-8-4-2-3-7(12)5-8/h2-5H,14H2,1H3. The molecule has 2 rings (SSSR count). The molecule has 0 radical (unpaired) electrons. The van der Waals surface area contributed by atoms with E-state index in [1.165, 1.54) is 0 Å². The summed E-state index contributed by atoms with van der Waals surface area (Å²) >= 11 is 11.6. The van der Waals surface area contributed by atoms with Crippen LogP contribution < -0.4 is 10.5 Å². The van der Waals surface area contributed by atoms with Crippen molar-refractivity contribution in [2.45, 2.75) is 6.92 Å². The van der Waals surface area contributed by atoms with Gasteiger partial charge in [-0.1, -0.05) is 17.7 Å². The molecule has 1 aromatic carbocycles. The Morgan fingerprint density at radius 2 is 2.00 bits per heavy atom. The van der Waals surface area contributed by atoms with Gasteiger partial charge >= 0.3 is 0 Å². The molecule has 1 aromatic heterocycles. The number of anilines is 1. The van der Waals surface area contributed by atoms with Crippen LogP contribution in [0.15, 0.2) is 24.3 Å². The van der Waals surface area contributed by atoms with Crippen LogP contribution >= 0.6 is 23.2 Å². The summed E-state index contributed by atoms with van der Waals surface area (Å²) in [6.45, 7) is 1.73. The Morgan fingerprint density at radius 1 is 1.24 bits per heavy atom. The van der Waals surface area contributed by atoms with Gasteiger partial charge in [0.1, 0.15) is 11.4 Å². The fourth-order valence-corrected chi connectivity index (χ4v) is 1.63. The van der Waals surface area contributed by atoms with Crippen molar-refractivity contribution in [1.82, 2.24) is 9.97 Å². The number of ether oxygens (including phenoxy) is 1. The fraction of sp³-hybridized carbons (Fsp3) is 0.0909. The number of aromatic nitrogens is 2.